The van der Waals surface area contributed by atoms with Gasteiger partial charge < -0.3 is 4.90 Å². The molecule has 0 bridgehead atoms. The van der Waals surface area contributed by atoms with Gasteiger partial charge in [0.2, 0.25) is 11.8 Å². The van der Waals surface area contributed by atoms with E-state index >= 15 is 0 Å². The van der Waals surface area contributed by atoms with Crippen LogP contribution in [0.3, 0.4) is 0 Å². The first-order valence-electron chi connectivity index (χ1n) is 8.54. The first-order chi connectivity index (χ1) is 13.0. The highest BCUT2D eigenvalue weighted by atomic mass is 32.2. The second-order valence-electron chi connectivity index (χ2n) is 6.43. The Morgan fingerprint density at radius 2 is 1.78 bits per heavy atom. The number of hydrogen-bond acceptors (Lipinski definition) is 5. The van der Waals surface area contributed by atoms with Crippen molar-refractivity contribution in [2.45, 2.75) is 17.7 Å². The molecule has 5 rings (SSSR count). The molecule has 0 radical (unpaired) electrons. The van der Waals surface area contributed by atoms with Gasteiger partial charge in [-0.2, -0.15) is 9.67 Å². The first-order valence-corrected chi connectivity index (χ1v) is 10.0. The Morgan fingerprint density at radius 1 is 1.04 bits per heavy atom. The Morgan fingerprint density at radius 3 is 2.63 bits per heavy atom. The van der Waals surface area contributed by atoms with Gasteiger partial charge in [-0.1, -0.05) is 30.3 Å². The van der Waals surface area contributed by atoms with Gasteiger partial charge in [-0.25, -0.2) is 13.1 Å². The Labute approximate surface area is 155 Å². The largest absolute Gasteiger partial charge is 0.305 e. The normalized spacial score (nSPS) is 16.7. The van der Waals surface area contributed by atoms with Crippen LogP contribution < -0.4 is 9.62 Å². The van der Waals surface area contributed by atoms with Crippen molar-refractivity contribution in [1.29, 1.82) is 0 Å². The number of nitrogens with one attached hydrogen (secondary N) is 1. The first kappa shape index (κ1) is 16.0. The van der Waals surface area contributed by atoms with Gasteiger partial charge in [-0.05, 0) is 36.6 Å². The average Bonchev–Trinajstić information content (AvgIpc) is 3.10. The molecule has 8 nitrogen and oxygen atoms in total. The highest BCUT2D eigenvalue weighted by molar-refractivity contribution is 7.92. The molecule has 2 aliphatic heterocycles. The molecule has 0 atom stereocenters. The highest BCUT2D eigenvalue weighted by Gasteiger charge is 2.33. The number of anilines is 2. The van der Waals surface area contributed by atoms with Crippen LogP contribution in [0.1, 0.15) is 22.6 Å². The number of aryl methyl sites for hydroxylation is 1. The van der Waals surface area contributed by atoms with E-state index in [-0.39, 0.29) is 22.6 Å². The van der Waals surface area contributed by atoms with Gasteiger partial charge in [0.1, 0.15) is 4.90 Å². The second kappa shape index (κ2) is 5.65. The molecule has 3 heterocycles. The lowest BCUT2D eigenvalue weighted by atomic mass is 10.0. The molecule has 0 saturated heterocycles. The summed E-state index contributed by atoms with van der Waals surface area (Å²) >= 11 is 0. The minimum absolute atomic E-state index is 0.0161. The Kier molecular flexibility index (Phi) is 3.35. The summed E-state index contributed by atoms with van der Waals surface area (Å²) in [5, 5.41) is 4.29. The molecule has 9 heteroatoms. The monoisotopic (exact) mass is 381 g/mol. The van der Waals surface area contributed by atoms with Gasteiger partial charge in [-0.3, -0.25) is 4.79 Å². The van der Waals surface area contributed by atoms with E-state index in [1.165, 1.54) is 10.7 Å². The average molecular weight is 381 g/mol. The van der Waals surface area contributed by atoms with Crippen LogP contribution in [0.4, 0.5) is 11.6 Å². The number of nitrogens with zero attached hydrogens (tertiary/aromatic N) is 4. The SMILES string of the molecule is O=C(c1nc2n(n1)-c1ccccc1S(=O)(=O)N2)N1CCCc2ccccc21. The number of amides is 1. The maximum absolute atomic E-state index is 13.1. The van der Waals surface area contributed by atoms with Crippen LogP contribution in [-0.2, 0) is 16.4 Å². The van der Waals surface area contributed by atoms with Crippen LogP contribution >= 0.6 is 0 Å². The van der Waals surface area contributed by atoms with E-state index in [0.717, 1.165) is 24.1 Å². The van der Waals surface area contributed by atoms with E-state index in [2.05, 4.69) is 14.8 Å². The van der Waals surface area contributed by atoms with Crippen molar-refractivity contribution >= 4 is 27.6 Å². The van der Waals surface area contributed by atoms with Gasteiger partial charge in [0.15, 0.2) is 0 Å². The number of sulfonamides is 1. The summed E-state index contributed by atoms with van der Waals surface area (Å²) in [6, 6.07) is 14.2. The van der Waals surface area contributed by atoms with E-state index in [0.29, 0.717) is 12.2 Å². The zero-order chi connectivity index (χ0) is 18.6. The smallest absolute Gasteiger partial charge is 0.298 e. The molecule has 1 amide bonds. The second-order valence-corrected chi connectivity index (χ2v) is 8.08. The molecular weight excluding hydrogens is 366 g/mol. The Hall–Kier alpha value is -3.20. The van der Waals surface area contributed by atoms with E-state index in [1.807, 2.05) is 24.3 Å². The molecule has 27 heavy (non-hydrogen) atoms. The van der Waals surface area contributed by atoms with Gasteiger partial charge >= 0.3 is 0 Å². The van der Waals surface area contributed by atoms with Gasteiger partial charge in [-0.15, -0.1) is 5.10 Å². The number of benzene rings is 2. The van der Waals surface area contributed by atoms with E-state index < -0.39 is 10.0 Å². The van der Waals surface area contributed by atoms with Crippen molar-refractivity contribution in [2.24, 2.45) is 0 Å². The lowest BCUT2D eigenvalue weighted by Gasteiger charge is -2.28. The topological polar surface area (TPSA) is 97.2 Å². The van der Waals surface area contributed by atoms with E-state index in [1.54, 1.807) is 23.1 Å². The van der Waals surface area contributed by atoms with E-state index in [4.69, 9.17) is 0 Å². The van der Waals surface area contributed by atoms with Crippen LogP contribution in [0, 0.1) is 0 Å². The molecule has 2 aliphatic rings. The summed E-state index contributed by atoms with van der Waals surface area (Å²) in [5.74, 6) is -0.371. The molecule has 3 aromatic rings. The lowest BCUT2D eigenvalue weighted by Crippen LogP contribution is -2.36. The quantitative estimate of drug-likeness (QED) is 0.695. The van der Waals surface area contributed by atoms with Crippen LogP contribution in [-0.4, -0.2) is 35.6 Å². The van der Waals surface area contributed by atoms with Crippen molar-refractivity contribution < 1.29 is 13.2 Å². The number of fused-ring (bicyclic) bond motifs is 4. The molecule has 1 aromatic heterocycles. The van der Waals surface area contributed by atoms with Crippen LogP contribution in [0.15, 0.2) is 53.4 Å². The van der Waals surface area contributed by atoms with Crippen molar-refractivity contribution in [3.05, 3.63) is 59.9 Å². The van der Waals surface area contributed by atoms with Crippen molar-refractivity contribution in [3.63, 3.8) is 0 Å². The molecule has 0 aliphatic carbocycles. The van der Waals surface area contributed by atoms with E-state index in [9.17, 15) is 13.2 Å². The maximum Gasteiger partial charge on any atom is 0.298 e. The highest BCUT2D eigenvalue weighted by Crippen LogP contribution is 2.31. The zero-order valence-electron chi connectivity index (χ0n) is 14.2. The standard InChI is InChI=1S/C18H15N5O3S/c24-17(22-11-5-7-12-6-1-2-8-13(12)22)16-19-18-21-27(25,26)15-10-4-3-9-14(15)23(18)20-16/h1-4,6,8-10H,5,7,11H2,(H,19,20,21). The summed E-state index contributed by atoms with van der Waals surface area (Å²) in [5.41, 5.74) is 2.33. The number of aromatic nitrogens is 3. The molecule has 0 saturated carbocycles. The predicted octanol–water partition coefficient (Wildman–Crippen LogP) is 1.97. The van der Waals surface area contributed by atoms with Crippen LogP contribution in [0.5, 0.6) is 0 Å². The molecule has 136 valence electrons. The minimum Gasteiger partial charge on any atom is -0.305 e. The zero-order valence-corrected chi connectivity index (χ0v) is 15.0. The van der Waals surface area contributed by atoms with Crippen molar-refractivity contribution in [3.8, 4) is 5.69 Å². The van der Waals surface area contributed by atoms with Gasteiger partial charge in [0, 0.05) is 12.2 Å². The summed E-state index contributed by atoms with van der Waals surface area (Å²) < 4.78 is 28.5. The fourth-order valence-corrected chi connectivity index (χ4v) is 4.71. The summed E-state index contributed by atoms with van der Waals surface area (Å²) in [7, 11) is -3.74. The fourth-order valence-electron chi connectivity index (χ4n) is 3.54. The summed E-state index contributed by atoms with van der Waals surface area (Å²) in [6.07, 6.45) is 1.77. The Bertz CT molecular complexity index is 1190. The number of carbonyl (C=O) groups is 1. The minimum atomic E-state index is -3.74. The number of para-hydroxylation sites is 2. The van der Waals surface area contributed by atoms with Crippen LogP contribution in [0.25, 0.3) is 5.69 Å². The fraction of sp³-hybridized carbons (Fsp3) is 0.167. The maximum atomic E-state index is 13.1. The Balaban J connectivity index is 1.59. The number of carbonyl (C=O) groups excluding carboxylic acids is 1. The number of rotatable bonds is 1. The third-order valence-electron chi connectivity index (χ3n) is 4.76. The van der Waals surface area contributed by atoms with Crippen LogP contribution in [0.2, 0.25) is 0 Å². The molecule has 0 unspecified atom stereocenters. The third kappa shape index (κ3) is 2.42. The summed E-state index contributed by atoms with van der Waals surface area (Å²) in [4.78, 5) is 19.0. The molecular formula is C18H15N5O3S. The predicted molar refractivity (Wildman–Crippen MR) is 98.6 cm³/mol. The van der Waals surface area contributed by atoms with Crippen molar-refractivity contribution in [2.75, 3.05) is 16.2 Å². The van der Waals surface area contributed by atoms with Gasteiger partial charge in [0.05, 0.1) is 5.69 Å². The molecule has 0 fully saturated rings. The summed E-state index contributed by atoms with van der Waals surface area (Å²) in [6.45, 7) is 0.571. The molecule has 2 aromatic carbocycles. The molecule has 1 N–H and O–H groups in total. The lowest BCUT2D eigenvalue weighted by molar-refractivity contribution is 0.0975. The van der Waals surface area contributed by atoms with Gasteiger partial charge in [0.25, 0.3) is 15.9 Å². The number of hydrogen-bond donors (Lipinski definition) is 1. The van der Waals surface area contributed by atoms with Crippen molar-refractivity contribution in [1.82, 2.24) is 14.8 Å². The third-order valence-corrected chi connectivity index (χ3v) is 6.14. The molecule has 0 spiro atoms.